The standard InChI is InChI=1S/C26H23N3O4/c1-2-14-28(19-22-9-6-15-33-22)23(30)16-26(21-7-4-3-5-8-21)17-24(31)29(25(26)32)18-20-10-12-27-13-11-20/h1,3-13,15H,14,16-19H2/t26-/m1/s1. The molecule has 1 aliphatic rings. The Balaban J connectivity index is 1.65. The first-order valence-corrected chi connectivity index (χ1v) is 10.6. The van der Waals surface area contributed by atoms with Gasteiger partial charge in [0.25, 0.3) is 0 Å². The second-order valence-corrected chi connectivity index (χ2v) is 7.98. The first kappa shape index (κ1) is 22.0. The van der Waals surface area contributed by atoms with Gasteiger partial charge in [0.1, 0.15) is 5.76 Å². The van der Waals surface area contributed by atoms with Gasteiger partial charge in [-0.1, -0.05) is 36.3 Å². The number of rotatable bonds is 8. The Kier molecular flexibility index (Phi) is 6.36. The van der Waals surface area contributed by atoms with E-state index < -0.39 is 5.41 Å². The minimum absolute atomic E-state index is 0.0628. The Hall–Kier alpha value is -4.18. The van der Waals surface area contributed by atoms with Crippen LogP contribution in [0.2, 0.25) is 0 Å². The van der Waals surface area contributed by atoms with E-state index in [9.17, 15) is 14.4 Å². The van der Waals surface area contributed by atoms with Crippen molar-refractivity contribution in [3.63, 3.8) is 0 Å². The van der Waals surface area contributed by atoms with Crippen LogP contribution in [0.1, 0.15) is 29.7 Å². The minimum Gasteiger partial charge on any atom is -0.467 e. The third kappa shape index (κ3) is 4.55. The molecule has 7 heteroatoms. The Morgan fingerprint density at radius 2 is 1.88 bits per heavy atom. The number of nitrogens with zero attached hydrogens (tertiary/aromatic N) is 3. The van der Waals surface area contributed by atoms with Crippen LogP contribution < -0.4 is 0 Å². The Bertz CT molecular complexity index is 1170. The number of benzene rings is 1. The maximum atomic E-state index is 13.7. The van der Waals surface area contributed by atoms with E-state index in [1.165, 1.54) is 16.1 Å². The molecule has 3 amide bonds. The summed E-state index contributed by atoms with van der Waals surface area (Å²) in [6, 6.07) is 16.0. The van der Waals surface area contributed by atoms with Gasteiger partial charge in [0.15, 0.2) is 0 Å². The van der Waals surface area contributed by atoms with Crippen molar-refractivity contribution in [1.29, 1.82) is 0 Å². The van der Waals surface area contributed by atoms with Gasteiger partial charge in [-0.2, -0.15) is 0 Å². The number of pyridine rings is 1. The average molecular weight is 441 g/mol. The number of carbonyl (C=O) groups excluding carboxylic acids is 3. The monoisotopic (exact) mass is 441 g/mol. The van der Waals surface area contributed by atoms with E-state index in [0.29, 0.717) is 11.3 Å². The van der Waals surface area contributed by atoms with Gasteiger partial charge in [-0.3, -0.25) is 24.3 Å². The lowest BCUT2D eigenvalue weighted by molar-refractivity contribution is -0.143. The number of terminal acetylenes is 1. The number of aromatic nitrogens is 1. The van der Waals surface area contributed by atoms with Crippen molar-refractivity contribution >= 4 is 17.7 Å². The topological polar surface area (TPSA) is 83.7 Å². The zero-order chi connectivity index (χ0) is 23.3. The number of imide groups is 1. The quantitative estimate of drug-likeness (QED) is 0.397. The van der Waals surface area contributed by atoms with E-state index in [-0.39, 0.29) is 50.2 Å². The molecule has 0 aliphatic carbocycles. The number of hydrogen-bond donors (Lipinski definition) is 0. The molecule has 0 unspecified atom stereocenters. The molecule has 2 aromatic heterocycles. The molecular formula is C26H23N3O4. The zero-order valence-corrected chi connectivity index (χ0v) is 18.0. The van der Waals surface area contributed by atoms with E-state index in [0.717, 1.165) is 5.56 Å². The molecule has 1 fully saturated rings. The molecule has 3 heterocycles. The summed E-state index contributed by atoms with van der Waals surface area (Å²) in [5.41, 5.74) is 0.125. The van der Waals surface area contributed by atoms with Crippen molar-refractivity contribution in [2.45, 2.75) is 31.3 Å². The molecule has 1 aromatic carbocycles. The zero-order valence-electron chi connectivity index (χ0n) is 18.0. The van der Waals surface area contributed by atoms with Crippen LogP contribution in [0.3, 0.4) is 0 Å². The molecule has 7 nitrogen and oxygen atoms in total. The number of carbonyl (C=O) groups is 3. The molecule has 166 valence electrons. The first-order valence-electron chi connectivity index (χ1n) is 10.6. The molecule has 4 rings (SSSR count). The molecule has 1 aliphatic heterocycles. The lowest BCUT2D eigenvalue weighted by Gasteiger charge is -2.29. The van der Waals surface area contributed by atoms with Gasteiger partial charge < -0.3 is 9.32 Å². The van der Waals surface area contributed by atoms with Crippen LogP contribution >= 0.6 is 0 Å². The summed E-state index contributed by atoms with van der Waals surface area (Å²) in [4.78, 5) is 46.8. The van der Waals surface area contributed by atoms with Gasteiger partial charge in [0.2, 0.25) is 17.7 Å². The van der Waals surface area contributed by atoms with Gasteiger partial charge in [-0.15, -0.1) is 6.42 Å². The number of hydrogen-bond acceptors (Lipinski definition) is 5. The van der Waals surface area contributed by atoms with E-state index in [4.69, 9.17) is 10.8 Å². The predicted octanol–water partition coefficient (Wildman–Crippen LogP) is 2.92. The van der Waals surface area contributed by atoms with E-state index in [2.05, 4.69) is 10.9 Å². The summed E-state index contributed by atoms with van der Waals surface area (Å²) in [6.45, 7) is 0.375. The largest absolute Gasteiger partial charge is 0.467 e. The van der Waals surface area contributed by atoms with Crippen LogP contribution in [0.4, 0.5) is 0 Å². The van der Waals surface area contributed by atoms with Crippen LogP contribution in [-0.2, 0) is 32.9 Å². The van der Waals surface area contributed by atoms with Crippen molar-refractivity contribution in [3.05, 3.63) is 90.1 Å². The van der Waals surface area contributed by atoms with Gasteiger partial charge in [0, 0.05) is 25.2 Å². The molecule has 0 radical (unpaired) electrons. The van der Waals surface area contributed by atoms with Crippen molar-refractivity contribution in [2.24, 2.45) is 0 Å². The normalized spacial score (nSPS) is 17.7. The molecule has 33 heavy (non-hydrogen) atoms. The second-order valence-electron chi connectivity index (χ2n) is 7.98. The van der Waals surface area contributed by atoms with E-state index >= 15 is 0 Å². The molecule has 1 atom stereocenters. The Morgan fingerprint density at radius 1 is 1.12 bits per heavy atom. The van der Waals surface area contributed by atoms with Gasteiger partial charge >= 0.3 is 0 Å². The van der Waals surface area contributed by atoms with Crippen LogP contribution in [0.5, 0.6) is 0 Å². The maximum Gasteiger partial charge on any atom is 0.241 e. The third-order valence-corrected chi connectivity index (χ3v) is 5.84. The number of furan rings is 1. The van der Waals surface area contributed by atoms with Crippen LogP contribution in [0.15, 0.2) is 77.7 Å². The highest BCUT2D eigenvalue weighted by molar-refractivity contribution is 6.10. The highest BCUT2D eigenvalue weighted by Gasteiger charge is 2.54. The second kappa shape index (κ2) is 9.53. The van der Waals surface area contributed by atoms with Crippen LogP contribution in [-0.4, -0.2) is 39.1 Å². The molecule has 3 aromatic rings. The fraction of sp³-hybridized carbons (Fsp3) is 0.231. The highest BCUT2D eigenvalue weighted by atomic mass is 16.3. The van der Waals surface area contributed by atoms with Crippen LogP contribution in [0.25, 0.3) is 0 Å². The lowest BCUT2D eigenvalue weighted by Crippen LogP contribution is -2.43. The molecule has 1 saturated heterocycles. The summed E-state index contributed by atoms with van der Waals surface area (Å²) in [5.74, 6) is 2.06. The highest BCUT2D eigenvalue weighted by Crippen LogP contribution is 2.41. The van der Waals surface area contributed by atoms with Gasteiger partial charge in [-0.25, -0.2) is 0 Å². The third-order valence-electron chi connectivity index (χ3n) is 5.84. The SMILES string of the molecule is C#CCN(Cc1ccco1)C(=O)C[C@]1(c2ccccc2)CC(=O)N(Cc2ccncc2)C1=O. The Labute approximate surface area is 192 Å². The summed E-state index contributed by atoms with van der Waals surface area (Å²) < 4.78 is 5.37. The average Bonchev–Trinajstić information content (AvgIpc) is 3.43. The molecule has 0 bridgehead atoms. The fourth-order valence-corrected chi connectivity index (χ4v) is 4.16. The predicted molar refractivity (Wildman–Crippen MR) is 120 cm³/mol. The fourth-order valence-electron chi connectivity index (χ4n) is 4.16. The molecule has 0 spiro atoms. The Morgan fingerprint density at radius 3 is 2.55 bits per heavy atom. The minimum atomic E-state index is -1.29. The van der Waals surface area contributed by atoms with E-state index in [1.807, 2.05) is 6.07 Å². The summed E-state index contributed by atoms with van der Waals surface area (Å²) >= 11 is 0. The van der Waals surface area contributed by atoms with Crippen molar-refractivity contribution in [3.8, 4) is 12.3 Å². The van der Waals surface area contributed by atoms with E-state index in [1.54, 1.807) is 60.9 Å². The van der Waals surface area contributed by atoms with Crippen molar-refractivity contribution in [2.75, 3.05) is 6.54 Å². The number of amides is 3. The molecule has 0 N–H and O–H groups in total. The van der Waals surface area contributed by atoms with Crippen molar-refractivity contribution < 1.29 is 18.8 Å². The molecule has 0 saturated carbocycles. The summed E-state index contributed by atoms with van der Waals surface area (Å²) in [6.07, 6.45) is 9.99. The van der Waals surface area contributed by atoms with Gasteiger partial charge in [-0.05, 0) is 35.4 Å². The lowest BCUT2D eigenvalue weighted by atomic mass is 9.75. The smallest absolute Gasteiger partial charge is 0.241 e. The molecular weight excluding hydrogens is 418 g/mol. The number of likely N-dealkylation sites (tertiary alicyclic amines) is 1. The van der Waals surface area contributed by atoms with Crippen LogP contribution in [0, 0.1) is 12.3 Å². The maximum absolute atomic E-state index is 13.7. The van der Waals surface area contributed by atoms with Gasteiger partial charge in [0.05, 0.1) is 31.3 Å². The first-order chi connectivity index (χ1) is 16.0. The van der Waals surface area contributed by atoms with Crippen molar-refractivity contribution in [1.82, 2.24) is 14.8 Å². The summed E-state index contributed by atoms with van der Waals surface area (Å²) in [7, 11) is 0. The summed E-state index contributed by atoms with van der Waals surface area (Å²) in [5, 5.41) is 0.